The largest absolute Gasteiger partial charge is 0.370 e. The van der Waals surface area contributed by atoms with Gasteiger partial charge in [0.05, 0.1) is 4.90 Å². The second kappa shape index (κ2) is 7.75. The monoisotopic (exact) mass is 313 g/mol. The third-order valence-electron chi connectivity index (χ3n) is 2.86. The van der Waals surface area contributed by atoms with Gasteiger partial charge in [-0.1, -0.05) is 27.7 Å². The van der Waals surface area contributed by atoms with E-state index in [1.54, 1.807) is 16.4 Å². The van der Waals surface area contributed by atoms with Crippen LogP contribution in [0, 0.1) is 11.8 Å². The first-order valence-corrected chi connectivity index (χ1v) is 8.91. The van der Waals surface area contributed by atoms with Crippen molar-refractivity contribution in [2.24, 2.45) is 11.8 Å². The van der Waals surface area contributed by atoms with Crippen molar-refractivity contribution in [3.05, 3.63) is 18.3 Å². The molecule has 0 saturated carbocycles. The highest BCUT2D eigenvalue weighted by atomic mass is 32.2. The van der Waals surface area contributed by atoms with E-state index >= 15 is 0 Å². The molecule has 0 saturated heterocycles. The lowest BCUT2D eigenvalue weighted by Gasteiger charge is -2.25. The Morgan fingerprint density at radius 1 is 1.19 bits per heavy atom. The van der Waals surface area contributed by atoms with Crippen LogP contribution in [0.15, 0.2) is 23.2 Å². The van der Waals surface area contributed by atoms with Gasteiger partial charge in [-0.2, -0.15) is 4.31 Å². The first kappa shape index (κ1) is 17.9. The van der Waals surface area contributed by atoms with E-state index in [1.807, 2.05) is 34.6 Å². The molecule has 21 heavy (non-hydrogen) atoms. The Kier molecular flexibility index (Phi) is 6.61. The normalized spacial score (nSPS) is 12.4. The molecule has 1 heterocycles. The van der Waals surface area contributed by atoms with Crippen LogP contribution in [-0.2, 0) is 10.0 Å². The number of hydrogen-bond acceptors (Lipinski definition) is 4. The third kappa shape index (κ3) is 5.28. The SMILES string of the molecule is CCNc1cc(S(=O)(=O)N(CC(C)C)CC(C)C)ccn1. The van der Waals surface area contributed by atoms with E-state index in [1.165, 1.54) is 6.20 Å². The average Bonchev–Trinajstić information content (AvgIpc) is 2.37. The summed E-state index contributed by atoms with van der Waals surface area (Å²) in [6.07, 6.45) is 1.54. The number of hydrogen-bond donors (Lipinski definition) is 1. The molecule has 0 aliphatic rings. The smallest absolute Gasteiger partial charge is 0.243 e. The van der Waals surface area contributed by atoms with Crippen molar-refractivity contribution in [1.82, 2.24) is 9.29 Å². The van der Waals surface area contributed by atoms with E-state index < -0.39 is 10.0 Å². The zero-order valence-corrected chi connectivity index (χ0v) is 14.4. The van der Waals surface area contributed by atoms with Gasteiger partial charge in [0.1, 0.15) is 5.82 Å². The summed E-state index contributed by atoms with van der Waals surface area (Å²) in [5.74, 6) is 1.16. The Morgan fingerprint density at radius 3 is 2.24 bits per heavy atom. The van der Waals surface area contributed by atoms with Crippen LogP contribution >= 0.6 is 0 Å². The Hall–Kier alpha value is -1.14. The molecule has 1 aromatic rings. The van der Waals surface area contributed by atoms with Crippen molar-refractivity contribution in [2.75, 3.05) is 25.0 Å². The van der Waals surface area contributed by atoms with E-state index in [0.29, 0.717) is 30.3 Å². The van der Waals surface area contributed by atoms with Crippen LogP contribution in [0.25, 0.3) is 0 Å². The lowest BCUT2D eigenvalue weighted by Crippen LogP contribution is -2.37. The van der Waals surface area contributed by atoms with Crippen molar-refractivity contribution in [2.45, 2.75) is 39.5 Å². The van der Waals surface area contributed by atoms with Crippen LogP contribution in [0.4, 0.5) is 5.82 Å². The Balaban J connectivity index is 3.12. The number of rotatable bonds is 8. The number of pyridine rings is 1. The van der Waals surface area contributed by atoms with Gasteiger partial charge in [0.25, 0.3) is 0 Å². The Bertz CT molecular complexity index is 532. The number of aromatic nitrogens is 1. The van der Waals surface area contributed by atoms with Gasteiger partial charge in [0.15, 0.2) is 0 Å². The first-order valence-electron chi connectivity index (χ1n) is 7.47. The van der Waals surface area contributed by atoms with Gasteiger partial charge in [-0.05, 0) is 24.8 Å². The molecular weight excluding hydrogens is 286 g/mol. The summed E-state index contributed by atoms with van der Waals surface area (Å²) in [6, 6.07) is 3.16. The van der Waals surface area contributed by atoms with Crippen LogP contribution in [0.5, 0.6) is 0 Å². The van der Waals surface area contributed by atoms with E-state index in [-0.39, 0.29) is 11.8 Å². The second-order valence-electron chi connectivity index (χ2n) is 6.02. The molecule has 0 aromatic carbocycles. The summed E-state index contributed by atoms with van der Waals surface area (Å²) in [5, 5.41) is 3.05. The predicted octanol–water partition coefficient (Wildman–Crippen LogP) is 2.82. The highest BCUT2D eigenvalue weighted by Crippen LogP contribution is 2.20. The third-order valence-corrected chi connectivity index (χ3v) is 4.69. The topological polar surface area (TPSA) is 62.3 Å². The van der Waals surface area contributed by atoms with Gasteiger partial charge in [0.2, 0.25) is 10.0 Å². The fraction of sp³-hybridized carbons (Fsp3) is 0.667. The van der Waals surface area contributed by atoms with E-state index in [2.05, 4.69) is 10.3 Å². The summed E-state index contributed by atoms with van der Waals surface area (Å²) in [5.41, 5.74) is 0. The maximum absolute atomic E-state index is 12.8. The summed E-state index contributed by atoms with van der Waals surface area (Å²) in [6.45, 7) is 11.8. The maximum Gasteiger partial charge on any atom is 0.243 e. The van der Waals surface area contributed by atoms with Crippen LogP contribution in [0.2, 0.25) is 0 Å². The molecule has 120 valence electrons. The van der Waals surface area contributed by atoms with Crippen molar-refractivity contribution < 1.29 is 8.42 Å². The molecule has 1 aromatic heterocycles. The highest BCUT2D eigenvalue weighted by molar-refractivity contribution is 7.89. The van der Waals surface area contributed by atoms with E-state index in [4.69, 9.17) is 0 Å². The molecule has 0 spiro atoms. The highest BCUT2D eigenvalue weighted by Gasteiger charge is 2.26. The zero-order chi connectivity index (χ0) is 16.0. The predicted molar refractivity (Wildman–Crippen MR) is 86.8 cm³/mol. The quantitative estimate of drug-likeness (QED) is 0.801. The van der Waals surface area contributed by atoms with Crippen LogP contribution < -0.4 is 5.32 Å². The molecule has 0 aliphatic heterocycles. The minimum absolute atomic E-state index is 0.286. The second-order valence-corrected chi connectivity index (χ2v) is 7.95. The van der Waals surface area contributed by atoms with Crippen LogP contribution in [0.3, 0.4) is 0 Å². The molecule has 0 atom stereocenters. The van der Waals surface area contributed by atoms with Gasteiger partial charge in [-0.15, -0.1) is 0 Å². The van der Waals surface area contributed by atoms with Gasteiger partial charge in [-0.25, -0.2) is 13.4 Å². The molecule has 1 rings (SSSR count). The van der Waals surface area contributed by atoms with Gasteiger partial charge < -0.3 is 5.32 Å². The number of nitrogens with zero attached hydrogens (tertiary/aromatic N) is 2. The minimum atomic E-state index is -3.48. The molecule has 0 bridgehead atoms. The molecule has 0 amide bonds. The van der Waals surface area contributed by atoms with Crippen LogP contribution in [0.1, 0.15) is 34.6 Å². The van der Waals surface area contributed by atoms with Crippen molar-refractivity contribution >= 4 is 15.8 Å². The number of anilines is 1. The fourth-order valence-corrected chi connectivity index (χ4v) is 3.86. The maximum atomic E-state index is 12.8. The van der Waals surface area contributed by atoms with Crippen molar-refractivity contribution in [3.63, 3.8) is 0 Å². The Morgan fingerprint density at radius 2 is 1.76 bits per heavy atom. The molecule has 0 aliphatic carbocycles. The van der Waals surface area contributed by atoms with Crippen molar-refractivity contribution in [3.8, 4) is 0 Å². The molecule has 1 N–H and O–H groups in total. The summed E-state index contributed by atoms with van der Waals surface area (Å²) in [7, 11) is -3.48. The molecular formula is C15H27N3O2S. The summed E-state index contributed by atoms with van der Waals surface area (Å²) in [4.78, 5) is 4.43. The first-order chi connectivity index (χ1) is 9.77. The number of sulfonamides is 1. The zero-order valence-electron chi connectivity index (χ0n) is 13.6. The lowest BCUT2D eigenvalue weighted by molar-refractivity contribution is 0.333. The van der Waals surface area contributed by atoms with Gasteiger partial charge in [-0.3, -0.25) is 0 Å². The molecule has 5 nitrogen and oxygen atoms in total. The average molecular weight is 313 g/mol. The molecule has 0 unspecified atom stereocenters. The standard InChI is InChI=1S/C15H27N3O2S/c1-6-16-15-9-14(7-8-17-15)21(19,20)18(10-12(2)3)11-13(4)5/h7-9,12-13H,6,10-11H2,1-5H3,(H,16,17). The summed E-state index contributed by atoms with van der Waals surface area (Å²) >= 11 is 0. The van der Waals surface area contributed by atoms with Gasteiger partial charge in [0, 0.05) is 31.9 Å². The number of nitrogens with one attached hydrogen (secondary N) is 1. The van der Waals surface area contributed by atoms with E-state index in [0.717, 1.165) is 0 Å². The molecule has 0 radical (unpaired) electrons. The molecule has 0 fully saturated rings. The van der Waals surface area contributed by atoms with Crippen LogP contribution in [-0.4, -0.2) is 37.3 Å². The Labute approximate surface area is 128 Å². The minimum Gasteiger partial charge on any atom is -0.370 e. The van der Waals surface area contributed by atoms with Crippen molar-refractivity contribution in [1.29, 1.82) is 0 Å². The van der Waals surface area contributed by atoms with E-state index in [9.17, 15) is 8.42 Å². The molecule has 6 heteroatoms. The fourth-order valence-electron chi connectivity index (χ4n) is 2.08. The van der Waals surface area contributed by atoms with Gasteiger partial charge >= 0.3 is 0 Å². The lowest BCUT2D eigenvalue weighted by atomic mass is 10.2. The summed E-state index contributed by atoms with van der Waals surface area (Å²) < 4.78 is 27.2.